The Morgan fingerprint density at radius 2 is 1.84 bits per heavy atom. The van der Waals surface area contributed by atoms with Crippen LogP contribution in [0.4, 0.5) is 9.18 Å². The topological polar surface area (TPSA) is 84.9 Å². The molecule has 0 saturated carbocycles. The normalized spacial score (nSPS) is 11.5. The van der Waals surface area contributed by atoms with Gasteiger partial charge in [0, 0.05) is 19.1 Å². The van der Waals surface area contributed by atoms with Gasteiger partial charge in [0.2, 0.25) is 0 Å². The average Bonchev–Trinajstić information content (AvgIpc) is 2.66. The largest absolute Gasteiger partial charge is 0.494 e. The number of hydrogen-bond donors (Lipinski definition) is 1. The molecular formula is C22H29FN2O5S. The Labute approximate surface area is 183 Å². The summed E-state index contributed by atoms with van der Waals surface area (Å²) < 4.78 is 49.0. The first-order valence-electron chi connectivity index (χ1n) is 9.94. The second-order valence-electron chi connectivity index (χ2n) is 7.86. The minimum atomic E-state index is -4.25. The van der Waals surface area contributed by atoms with Gasteiger partial charge in [-0.2, -0.15) is 8.42 Å². The summed E-state index contributed by atoms with van der Waals surface area (Å²) in [5.74, 6) is -0.544. The van der Waals surface area contributed by atoms with Crippen molar-refractivity contribution in [2.24, 2.45) is 5.92 Å². The van der Waals surface area contributed by atoms with E-state index in [1.807, 2.05) is 27.7 Å². The second kappa shape index (κ2) is 10.5. The Balaban J connectivity index is 2.21. The highest BCUT2D eigenvalue weighted by Crippen LogP contribution is 2.24. The van der Waals surface area contributed by atoms with Crippen molar-refractivity contribution in [2.45, 2.75) is 45.2 Å². The summed E-state index contributed by atoms with van der Waals surface area (Å²) in [4.78, 5) is 13.9. The van der Waals surface area contributed by atoms with Gasteiger partial charge < -0.3 is 19.1 Å². The predicted octanol–water partition coefficient (Wildman–Crippen LogP) is 4.18. The van der Waals surface area contributed by atoms with Gasteiger partial charge >= 0.3 is 16.1 Å². The molecule has 2 aromatic rings. The lowest BCUT2D eigenvalue weighted by atomic mass is 10.1. The van der Waals surface area contributed by atoms with Crippen LogP contribution in [0.2, 0.25) is 0 Å². The van der Waals surface area contributed by atoms with E-state index in [4.69, 9.17) is 8.92 Å². The third-order valence-electron chi connectivity index (χ3n) is 4.17. The zero-order valence-corrected chi connectivity index (χ0v) is 19.2. The van der Waals surface area contributed by atoms with Crippen LogP contribution >= 0.6 is 0 Å². The number of benzene rings is 2. The van der Waals surface area contributed by atoms with Gasteiger partial charge in [0.25, 0.3) is 0 Å². The summed E-state index contributed by atoms with van der Waals surface area (Å²) >= 11 is 0. The molecule has 170 valence electrons. The summed E-state index contributed by atoms with van der Waals surface area (Å²) in [5, 5.41) is 2.87. The maximum Gasteiger partial charge on any atom is 0.339 e. The average molecular weight is 453 g/mol. The van der Waals surface area contributed by atoms with E-state index in [2.05, 4.69) is 5.32 Å². The molecule has 9 heteroatoms. The SMILES string of the molecule is COc1ccc(S(=O)(=O)Oc2cccc(CN(CC(C)C)C(=O)NC(C)C)c2)cc1F. The summed E-state index contributed by atoms with van der Waals surface area (Å²) in [6, 6.07) is 9.53. The maximum absolute atomic E-state index is 13.9. The summed E-state index contributed by atoms with van der Waals surface area (Å²) in [6.07, 6.45) is 0. The zero-order valence-electron chi connectivity index (χ0n) is 18.4. The van der Waals surface area contributed by atoms with Gasteiger partial charge in [0.1, 0.15) is 10.6 Å². The van der Waals surface area contributed by atoms with E-state index in [9.17, 15) is 17.6 Å². The Hall–Kier alpha value is -2.81. The molecule has 0 aliphatic carbocycles. The van der Waals surface area contributed by atoms with Crippen molar-refractivity contribution < 1.29 is 26.5 Å². The summed E-state index contributed by atoms with van der Waals surface area (Å²) in [7, 11) is -2.96. The second-order valence-corrected chi connectivity index (χ2v) is 9.41. The molecule has 0 heterocycles. The van der Waals surface area contributed by atoms with Gasteiger partial charge in [0.05, 0.1) is 7.11 Å². The number of carbonyl (C=O) groups excluding carboxylic acids is 1. The number of nitrogens with one attached hydrogen (secondary N) is 1. The number of methoxy groups -OCH3 is 1. The van der Waals surface area contributed by atoms with E-state index < -0.39 is 15.9 Å². The number of carbonyl (C=O) groups is 1. The number of halogens is 1. The Bertz CT molecular complexity index is 1010. The quantitative estimate of drug-likeness (QED) is 0.577. The van der Waals surface area contributed by atoms with Crippen molar-refractivity contribution in [1.82, 2.24) is 10.2 Å². The highest BCUT2D eigenvalue weighted by atomic mass is 32.2. The van der Waals surface area contributed by atoms with Crippen molar-refractivity contribution >= 4 is 16.1 Å². The van der Waals surface area contributed by atoms with E-state index in [0.717, 1.165) is 6.07 Å². The van der Waals surface area contributed by atoms with E-state index in [0.29, 0.717) is 12.1 Å². The van der Waals surface area contributed by atoms with Crippen LogP contribution in [0, 0.1) is 11.7 Å². The van der Waals surface area contributed by atoms with E-state index in [1.54, 1.807) is 23.1 Å². The third kappa shape index (κ3) is 7.13. The standard InChI is InChI=1S/C22H29FN2O5S/c1-15(2)13-25(22(26)24-16(3)4)14-17-7-6-8-18(11-17)30-31(27,28)19-9-10-21(29-5)20(23)12-19/h6-12,15-16H,13-14H2,1-5H3,(H,24,26). The molecule has 0 saturated heterocycles. The molecule has 0 aromatic heterocycles. The number of amides is 2. The van der Waals surface area contributed by atoms with Crippen molar-refractivity contribution in [3.63, 3.8) is 0 Å². The molecule has 0 radical (unpaired) electrons. The third-order valence-corrected chi connectivity index (χ3v) is 5.42. The first kappa shape index (κ1) is 24.5. The van der Waals surface area contributed by atoms with Gasteiger partial charge in [0.15, 0.2) is 11.6 Å². The lowest BCUT2D eigenvalue weighted by Crippen LogP contribution is -2.44. The van der Waals surface area contributed by atoms with Gasteiger partial charge in [-0.15, -0.1) is 0 Å². The molecule has 2 amide bonds. The lowest BCUT2D eigenvalue weighted by molar-refractivity contribution is 0.185. The van der Waals surface area contributed by atoms with Crippen LogP contribution < -0.4 is 14.2 Å². The number of urea groups is 1. The fourth-order valence-corrected chi connectivity index (χ4v) is 3.83. The van der Waals surface area contributed by atoms with Gasteiger partial charge in [-0.05, 0) is 55.7 Å². The molecule has 0 aliphatic rings. The summed E-state index contributed by atoms with van der Waals surface area (Å²) in [5.41, 5.74) is 0.702. The van der Waals surface area contributed by atoms with E-state index >= 15 is 0 Å². The van der Waals surface area contributed by atoms with Crippen molar-refractivity contribution in [3.8, 4) is 11.5 Å². The van der Waals surface area contributed by atoms with Gasteiger partial charge in [-0.1, -0.05) is 26.0 Å². The highest BCUT2D eigenvalue weighted by Gasteiger charge is 2.20. The molecule has 0 spiro atoms. The molecule has 7 nitrogen and oxygen atoms in total. The minimum absolute atomic E-state index is 0.00753. The zero-order chi connectivity index (χ0) is 23.2. The van der Waals surface area contributed by atoms with Crippen LogP contribution in [-0.2, 0) is 16.7 Å². The highest BCUT2D eigenvalue weighted by molar-refractivity contribution is 7.87. The van der Waals surface area contributed by atoms with Crippen LogP contribution in [0.15, 0.2) is 47.4 Å². The van der Waals surface area contributed by atoms with Crippen LogP contribution in [0.25, 0.3) is 0 Å². The van der Waals surface area contributed by atoms with Crippen LogP contribution in [-0.4, -0.2) is 39.0 Å². The molecule has 0 atom stereocenters. The van der Waals surface area contributed by atoms with Crippen LogP contribution in [0.3, 0.4) is 0 Å². The van der Waals surface area contributed by atoms with E-state index in [-0.39, 0.29) is 40.9 Å². The number of rotatable bonds is 9. The molecule has 1 N–H and O–H groups in total. The van der Waals surface area contributed by atoms with Gasteiger partial charge in [-0.25, -0.2) is 9.18 Å². The van der Waals surface area contributed by atoms with E-state index in [1.165, 1.54) is 25.3 Å². The van der Waals surface area contributed by atoms with Gasteiger partial charge in [-0.3, -0.25) is 0 Å². The molecule has 0 bridgehead atoms. The molecule has 31 heavy (non-hydrogen) atoms. The maximum atomic E-state index is 13.9. The first-order valence-corrected chi connectivity index (χ1v) is 11.3. The van der Waals surface area contributed by atoms with Crippen LogP contribution in [0.5, 0.6) is 11.5 Å². The number of hydrogen-bond acceptors (Lipinski definition) is 5. The molecule has 0 aliphatic heterocycles. The Kier molecular flexibility index (Phi) is 8.27. The lowest BCUT2D eigenvalue weighted by Gasteiger charge is -2.26. The molecular weight excluding hydrogens is 423 g/mol. The Morgan fingerprint density at radius 3 is 2.42 bits per heavy atom. The first-order chi connectivity index (χ1) is 14.5. The molecule has 2 rings (SSSR count). The Morgan fingerprint density at radius 1 is 1.13 bits per heavy atom. The van der Waals surface area contributed by atoms with Crippen LogP contribution in [0.1, 0.15) is 33.3 Å². The number of nitrogens with zero attached hydrogens (tertiary/aromatic N) is 1. The molecule has 2 aromatic carbocycles. The molecule has 0 fully saturated rings. The monoisotopic (exact) mass is 452 g/mol. The smallest absolute Gasteiger partial charge is 0.339 e. The summed E-state index contributed by atoms with van der Waals surface area (Å²) in [6.45, 7) is 8.60. The number of ether oxygens (including phenoxy) is 1. The predicted molar refractivity (Wildman–Crippen MR) is 116 cm³/mol. The van der Waals surface area contributed by atoms with Crippen molar-refractivity contribution in [2.75, 3.05) is 13.7 Å². The van der Waals surface area contributed by atoms with Crippen molar-refractivity contribution in [3.05, 3.63) is 53.8 Å². The molecule has 0 unspecified atom stereocenters. The minimum Gasteiger partial charge on any atom is -0.494 e. The fourth-order valence-electron chi connectivity index (χ4n) is 2.89. The fraction of sp³-hybridized carbons (Fsp3) is 0.409. The van der Waals surface area contributed by atoms with Crippen molar-refractivity contribution in [1.29, 1.82) is 0 Å².